The molecule has 0 aliphatic heterocycles. The molecule has 78 valence electrons. The van der Waals surface area contributed by atoms with E-state index in [2.05, 4.69) is 5.10 Å². The van der Waals surface area contributed by atoms with Crippen LogP contribution >= 0.6 is 0 Å². The summed E-state index contributed by atoms with van der Waals surface area (Å²) < 4.78 is 6.88. The third-order valence-corrected chi connectivity index (χ3v) is 2.06. The molecule has 5 nitrogen and oxygen atoms in total. The van der Waals surface area contributed by atoms with Crippen molar-refractivity contribution in [1.82, 2.24) is 9.78 Å². The lowest BCUT2D eigenvalue weighted by atomic mass is 10.3. The molecule has 2 heterocycles. The molecule has 0 aromatic carbocycles. The van der Waals surface area contributed by atoms with Gasteiger partial charge >= 0.3 is 5.97 Å². The van der Waals surface area contributed by atoms with Gasteiger partial charge in [-0.1, -0.05) is 0 Å². The summed E-state index contributed by atoms with van der Waals surface area (Å²) in [6.07, 6.45) is 3.46. The molecule has 2 rings (SSSR count). The summed E-state index contributed by atoms with van der Waals surface area (Å²) in [5, 5.41) is 12.8. The lowest BCUT2D eigenvalue weighted by Crippen LogP contribution is -1.92. The maximum atomic E-state index is 10.6. The average Bonchev–Trinajstić information content (AvgIpc) is 2.86. The molecule has 0 radical (unpaired) electrons. The van der Waals surface area contributed by atoms with Crippen LogP contribution in [-0.2, 0) is 6.54 Å². The Hall–Kier alpha value is -2.04. The maximum absolute atomic E-state index is 10.6. The highest BCUT2D eigenvalue weighted by atomic mass is 16.4. The number of aromatic carboxylic acids is 1. The van der Waals surface area contributed by atoms with Crippen molar-refractivity contribution in [3.05, 3.63) is 30.3 Å². The Morgan fingerprint density at radius 2 is 2.40 bits per heavy atom. The minimum Gasteiger partial charge on any atom is -0.475 e. The standard InChI is InChI=1S/C10H10N2O3/c1-2-12-6-7(5-11-12)8-3-4-9(15-8)10(13)14/h3-6H,2H2,1H3,(H,13,14). The van der Waals surface area contributed by atoms with Gasteiger partial charge in [0.1, 0.15) is 5.76 Å². The Bertz CT molecular complexity index is 484. The second kappa shape index (κ2) is 3.61. The highest BCUT2D eigenvalue weighted by Crippen LogP contribution is 2.21. The second-order valence-electron chi connectivity index (χ2n) is 3.05. The molecule has 0 atom stereocenters. The van der Waals surface area contributed by atoms with E-state index in [0.717, 1.165) is 12.1 Å². The topological polar surface area (TPSA) is 68.3 Å². The Balaban J connectivity index is 2.32. The van der Waals surface area contributed by atoms with Crippen LogP contribution in [0.5, 0.6) is 0 Å². The molecule has 0 unspecified atom stereocenters. The molecule has 2 aromatic rings. The molecule has 0 aliphatic carbocycles. The van der Waals surface area contributed by atoms with Crippen LogP contribution in [0.3, 0.4) is 0 Å². The molecule has 0 saturated heterocycles. The first kappa shape index (κ1) is 9.51. The number of nitrogens with zero attached hydrogens (tertiary/aromatic N) is 2. The fraction of sp³-hybridized carbons (Fsp3) is 0.200. The monoisotopic (exact) mass is 206 g/mol. The summed E-state index contributed by atoms with van der Waals surface area (Å²) in [5.74, 6) is -0.606. The quantitative estimate of drug-likeness (QED) is 0.832. The molecule has 2 aromatic heterocycles. The van der Waals surface area contributed by atoms with Crippen LogP contribution in [0.1, 0.15) is 17.5 Å². The van der Waals surface area contributed by atoms with E-state index in [1.807, 2.05) is 13.1 Å². The fourth-order valence-electron chi connectivity index (χ4n) is 1.27. The van der Waals surface area contributed by atoms with Gasteiger partial charge in [-0.2, -0.15) is 5.10 Å². The Morgan fingerprint density at radius 1 is 1.60 bits per heavy atom. The van der Waals surface area contributed by atoms with Crippen LogP contribution in [0, 0.1) is 0 Å². The summed E-state index contributed by atoms with van der Waals surface area (Å²) >= 11 is 0. The van der Waals surface area contributed by atoms with Crippen molar-refractivity contribution in [2.45, 2.75) is 13.5 Å². The summed E-state index contributed by atoms with van der Waals surface area (Å²) in [6, 6.07) is 3.06. The van der Waals surface area contributed by atoms with E-state index in [-0.39, 0.29) is 5.76 Å². The summed E-state index contributed by atoms with van der Waals surface area (Å²) in [7, 11) is 0. The Morgan fingerprint density at radius 3 is 2.93 bits per heavy atom. The Kier molecular flexibility index (Phi) is 2.29. The van der Waals surface area contributed by atoms with Gasteiger partial charge in [-0.15, -0.1) is 0 Å². The molecule has 0 bridgehead atoms. The third kappa shape index (κ3) is 1.76. The molecule has 0 saturated carbocycles. The van der Waals surface area contributed by atoms with E-state index >= 15 is 0 Å². The highest BCUT2D eigenvalue weighted by Gasteiger charge is 2.11. The van der Waals surface area contributed by atoms with Crippen molar-refractivity contribution in [3.8, 4) is 11.3 Å². The van der Waals surface area contributed by atoms with Crippen LogP contribution in [-0.4, -0.2) is 20.9 Å². The SMILES string of the molecule is CCn1cc(-c2ccc(C(=O)O)o2)cn1. The number of furan rings is 1. The average molecular weight is 206 g/mol. The Labute approximate surface area is 85.9 Å². The van der Waals surface area contributed by atoms with E-state index in [1.165, 1.54) is 6.07 Å². The third-order valence-electron chi connectivity index (χ3n) is 2.06. The van der Waals surface area contributed by atoms with Gasteiger partial charge in [-0.25, -0.2) is 4.79 Å². The van der Waals surface area contributed by atoms with E-state index in [1.54, 1.807) is 16.9 Å². The second-order valence-corrected chi connectivity index (χ2v) is 3.05. The number of carboxylic acids is 1. The molecule has 15 heavy (non-hydrogen) atoms. The van der Waals surface area contributed by atoms with Gasteiger partial charge in [0.15, 0.2) is 0 Å². The van der Waals surface area contributed by atoms with Crippen LogP contribution < -0.4 is 0 Å². The van der Waals surface area contributed by atoms with Crippen LogP contribution in [0.4, 0.5) is 0 Å². The summed E-state index contributed by atoms with van der Waals surface area (Å²) in [6.45, 7) is 2.74. The largest absolute Gasteiger partial charge is 0.475 e. The molecule has 1 N–H and O–H groups in total. The van der Waals surface area contributed by atoms with E-state index in [4.69, 9.17) is 9.52 Å². The van der Waals surface area contributed by atoms with Crippen molar-refractivity contribution < 1.29 is 14.3 Å². The summed E-state index contributed by atoms with van der Waals surface area (Å²) in [4.78, 5) is 10.6. The van der Waals surface area contributed by atoms with Gasteiger partial charge < -0.3 is 9.52 Å². The normalized spacial score (nSPS) is 10.5. The molecular formula is C10H10N2O3. The van der Waals surface area contributed by atoms with Crippen LogP contribution in [0.15, 0.2) is 28.9 Å². The number of hydrogen-bond donors (Lipinski definition) is 1. The van der Waals surface area contributed by atoms with E-state index < -0.39 is 5.97 Å². The molecule has 5 heteroatoms. The van der Waals surface area contributed by atoms with Gasteiger partial charge in [0.25, 0.3) is 0 Å². The van der Waals surface area contributed by atoms with Crippen LogP contribution in [0.2, 0.25) is 0 Å². The predicted octanol–water partition coefficient (Wildman–Crippen LogP) is 1.86. The minimum atomic E-state index is -1.07. The van der Waals surface area contributed by atoms with E-state index in [9.17, 15) is 4.79 Å². The van der Waals surface area contributed by atoms with Crippen molar-refractivity contribution in [3.63, 3.8) is 0 Å². The number of aromatic nitrogens is 2. The fourth-order valence-corrected chi connectivity index (χ4v) is 1.27. The van der Waals surface area contributed by atoms with Crippen molar-refractivity contribution >= 4 is 5.97 Å². The molecular weight excluding hydrogens is 196 g/mol. The van der Waals surface area contributed by atoms with Crippen LogP contribution in [0.25, 0.3) is 11.3 Å². The minimum absolute atomic E-state index is 0.0609. The van der Waals surface area contributed by atoms with Gasteiger partial charge in [-0.05, 0) is 19.1 Å². The van der Waals surface area contributed by atoms with Crippen molar-refractivity contribution in [2.24, 2.45) is 0 Å². The smallest absolute Gasteiger partial charge is 0.371 e. The number of carboxylic acid groups (broad SMARTS) is 1. The van der Waals surface area contributed by atoms with Crippen molar-refractivity contribution in [1.29, 1.82) is 0 Å². The van der Waals surface area contributed by atoms with Gasteiger partial charge in [0, 0.05) is 12.7 Å². The first-order valence-electron chi connectivity index (χ1n) is 4.56. The van der Waals surface area contributed by atoms with Gasteiger partial charge in [0.2, 0.25) is 5.76 Å². The lowest BCUT2D eigenvalue weighted by Gasteiger charge is -1.91. The lowest BCUT2D eigenvalue weighted by molar-refractivity contribution is 0.0663. The van der Waals surface area contributed by atoms with E-state index in [0.29, 0.717) is 5.76 Å². The van der Waals surface area contributed by atoms with Gasteiger partial charge in [0.05, 0.1) is 11.8 Å². The summed E-state index contributed by atoms with van der Waals surface area (Å²) in [5.41, 5.74) is 0.782. The predicted molar refractivity (Wildman–Crippen MR) is 52.6 cm³/mol. The molecule has 0 amide bonds. The number of carbonyl (C=O) groups is 1. The molecule has 0 fully saturated rings. The van der Waals surface area contributed by atoms with Crippen molar-refractivity contribution in [2.75, 3.05) is 0 Å². The zero-order chi connectivity index (χ0) is 10.8. The first-order valence-corrected chi connectivity index (χ1v) is 4.56. The zero-order valence-electron chi connectivity index (χ0n) is 8.17. The zero-order valence-corrected chi connectivity index (χ0v) is 8.17. The number of hydrogen-bond acceptors (Lipinski definition) is 3. The van der Waals surface area contributed by atoms with Gasteiger partial charge in [-0.3, -0.25) is 4.68 Å². The number of aryl methyl sites for hydroxylation is 1. The molecule has 0 spiro atoms. The first-order chi connectivity index (χ1) is 7.20. The maximum Gasteiger partial charge on any atom is 0.371 e. The number of rotatable bonds is 3. The molecule has 0 aliphatic rings. The highest BCUT2D eigenvalue weighted by molar-refractivity contribution is 5.85.